The van der Waals surface area contributed by atoms with E-state index in [1.807, 2.05) is 6.92 Å². The number of ether oxygens (including phenoxy) is 1. The van der Waals surface area contributed by atoms with Crippen molar-refractivity contribution in [1.82, 2.24) is 0 Å². The maximum atomic E-state index is 8.99. The third-order valence-corrected chi connectivity index (χ3v) is 2.92. The lowest BCUT2D eigenvalue weighted by molar-refractivity contribution is 0.471. The fourth-order valence-corrected chi connectivity index (χ4v) is 1.85. The summed E-state index contributed by atoms with van der Waals surface area (Å²) in [6.07, 6.45) is 1.60. The third kappa shape index (κ3) is 5.00. The highest BCUT2D eigenvalue weighted by Crippen LogP contribution is 2.21. The molecule has 0 fully saturated rings. The molecule has 2 aromatic carbocycles. The lowest BCUT2D eigenvalue weighted by Crippen LogP contribution is -1.84. The number of phenols is 1. The van der Waals surface area contributed by atoms with Gasteiger partial charge >= 0.3 is 0 Å². The highest BCUT2D eigenvalue weighted by Gasteiger charge is 1.98. The Bertz CT molecular complexity index is 636. The van der Waals surface area contributed by atoms with Crippen LogP contribution in [0.5, 0.6) is 11.5 Å². The van der Waals surface area contributed by atoms with Crippen LogP contribution in [-0.4, -0.2) is 5.11 Å². The van der Waals surface area contributed by atoms with E-state index in [-0.39, 0.29) is 0 Å². The average Bonchev–Trinajstić information content (AvgIpc) is 2.39. The van der Waals surface area contributed by atoms with Crippen molar-refractivity contribution in [3.63, 3.8) is 0 Å². The normalized spacial score (nSPS) is 9.15. The fraction of sp³-hybridized carbons (Fsp3) is 0.133. The molecule has 0 saturated carbocycles. The lowest BCUT2D eigenvalue weighted by atomic mass is 10.2. The summed E-state index contributed by atoms with van der Waals surface area (Å²) in [5.41, 5.74) is 1.67. The molecule has 2 rings (SSSR count). The van der Waals surface area contributed by atoms with Crippen LogP contribution in [0, 0.1) is 25.4 Å². The van der Waals surface area contributed by atoms with Crippen molar-refractivity contribution in [1.29, 1.82) is 5.26 Å². The molecule has 1 N–H and O–H groups in total. The van der Waals surface area contributed by atoms with Crippen LogP contribution in [0.25, 0.3) is 0 Å². The molecule has 0 heterocycles. The van der Waals surface area contributed by atoms with Crippen LogP contribution in [0.3, 0.4) is 0 Å². The van der Waals surface area contributed by atoms with Crippen LogP contribution in [0.4, 0.5) is 0 Å². The zero-order valence-electron chi connectivity index (χ0n) is 11.0. The van der Waals surface area contributed by atoms with Crippen molar-refractivity contribution in [3.05, 3.63) is 57.6 Å². The van der Waals surface area contributed by atoms with Crippen LogP contribution >= 0.6 is 23.2 Å². The molecule has 0 aromatic heterocycles. The molecule has 2 aromatic rings. The van der Waals surface area contributed by atoms with Crippen LogP contribution in [0.2, 0.25) is 10.0 Å². The summed E-state index contributed by atoms with van der Waals surface area (Å²) in [6, 6.07) is 10.1. The number of hydrogen-bond acceptors (Lipinski definition) is 3. The molecule has 0 saturated heterocycles. The molecule has 0 amide bonds. The third-order valence-electron chi connectivity index (χ3n) is 2.45. The van der Waals surface area contributed by atoms with Crippen molar-refractivity contribution in [2.75, 3.05) is 0 Å². The summed E-state index contributed by atoms with van der Waals surface area (Å²) < 4.78 is 4.64. The number of phenolic OH excluding ortho intramolecular Hbond substituents is 1. The summed E-state index contributed by atoms with van der Waals surface area (Å²) in [7, 11) is 0. The van der Waals surface area contributed by atoms with E-state index in [4.69, 9.17) is 33.6 Å². The van der Waals surface area contributed by atoms with E-state index in [0.717, 1.165) is 11.1 Å². The highest BCUT2D eigenvalue weighted by molar-refractivity contribution is 6.30. The average molecular weight is 310 g/mol. The zero-order valence-corrected chi connectivity index (χ0v) is 12.5. The molecule has 104 valence electrons. The van der Waals surface area contributed by atoms with Crippen LogP contribution < -0.4 is 4.74 Å². The van der Waals surface area contributed by atoms with Crippen molar-refractivity contribution in [3.8, 4) is 17.8 Å². The maximum absolute atomic E-state index is 8.99. The predicted octanol–water partition coefficient (Wildman–Crippen LogP) is 4.86. The number of hydrogen-bond donors (Lipinski definition) is 1. The van der Waals surface area contributed by atoms with Gasteiger partial charge in [0.25, 0.3) is 6.26 Å². The van der Waals surface area contributed by atoms with Crippen molar-refractivity contribution < 1.29 is 9.84 Å². The molecule has 5 heteroatoms. The molecular formula is C15H13Cl2NO2. The van der Waals surface area contributed by atoms with E-state index in [9.17, 15) is 0 Å². The Morgan fingerprint density at radius 3 is 2.00 bits per heavy atom. The second kappa shape index (κ2) is 7.64. The van der Waals surface area contributed by atoms with E-state index in [1.54, 1.807) is 49.6 Å². The second-order valence-corrected chi connectivity index (χ2v) is 4.91. The number of benzene rings is 2. The van der Waals surface area contributed by atoms with Gasteiger partial charge < -0.3 is 9.84 Å². The maximum Gasteiger partial charge on any atom is 0.292 e. The van der Waals surface area contributed by atoms with Gasteiger partial charge in [0.2, 0.25) is 0 Å². The number of nitriles is 1. The standard InChI is InChI=1S/C8H6ClNO.C7H7ClO/c1-6-4-7(9)2-3-8(6)11-5-10;1-5-4-6(8)2-3-7(5)9/h2-4H,1H3;2-4,9H,1H3. The Morgan fingerprint density at radius 1 is 1.00 bits per heavy atom. The van der Waals surface area contributed by atoms with Gasteiger partial charge in [-0.2, -0.15) is 0 Å². The number of halogens is 2. The first-order valence-corrected chi connectivity index (χ1v) is 6.47. The minimum Gasteiger partial charge on any atom is -0.508 e. The molecule has 0 atom stereocenters. The van der Waals surface area contributed by atoms with Crippen LogP contribution in [0.1, 0.15) is 11.1 Å². The van der Waals surface area contributed by atoms with Crippen molar-refractivity contribution in [2.45, 2.75) is 13.8 Å². The molecule has 0 aliphatic heterocycles. The minimum absolute atomic E-state index is 0.291. The number of aromatic hydroxyl groups is 1. The summed E-state index contributed by atoms with van der Waals surface area (Å²) in [5.74, 6) is 0.844. The lowest BCUT2D eigenvalue weighted by Gasteiger charge is -1.99. The molecule has 20 heavy (non-hydrogen) atoms. The van der Waals surface area contributed by atoms with Gasteiger partial charge in [-0.25, -0.2) is 0 Å². The van der Waals surface area contributed by atoms with Gasteiger partial charge in [-0.15, -0.1) is 5.26 Å². The van der Waals surface area contributed by atoms with Gasteiger partial charge in [0.15, 0.2) is 0 Å². The highest BCUT2D eigenvalue weighted by atomic mass is 35.5. The minimum atomic E-state index is 0.291. The van der Waals surface area contributed by atoms with Gasteiger partial charge in [0.05, 0.1) is 0 Å². The monoisotopic (exact) mass is 309 g/mol. The smallest absolute Gasteiger partial charge is 0.292 e. The van der Waals surface area contributed by atoms with E-state index in [0.29, 0.717) is 21.5 Å². The van der Waals surface area contributed by atoms with E-state index < -0.39 is 0 Å². The molecule has 0 spiro atoms. The van der Waals surface area contributed by atoms with Crippen molar-refractivity contribution >= 4 is 23.2 Å². The van der Waals surface area contributed by atoms with Crippen LogP contribution in [0.15, 0.2) is 36.4 Å². The van der Waals surface area contributed by atoms with Gasteiger partial charge in [0.1, 0.15) is 11.5 Å². The first kappa shape index (κ1) is 16.2. The van der Waals surface area contributed by atoms with Gasteiger partial charge in [-0.3, -0.25) is 0 Å². The Balaban J connectivity index is 0.000000204. The quantitative estimate of drug-likeness (QED) is 0.765. The first-order chi connectivity index (χ1) is 9.43. The predicted molar refractivity (Wildman–Crippen MR) is 80.3 cm³/mol. The van der Waals surface area contributed by atoms with E-state index in [1.165, 1.54) is 0 Å². The Kier molecular flexibility index (Phi) is 6.17. The Hall–Kier alpha value is -1.89. The number of nitrogens with zero attached hydrogens (tertiary/aromatic N) is 1. The molecule has 0 bridgehead atoms. The molecule has 3 nitrogen and oxygen atoms in total. The van der Waals surface area contributed by atoms with Gasteiger partial charge in [-0.1, -0.05) is 23.2 Å². The Morgan fingerprint density at radius 2 is 1.55 bits per heavy atom. The summed E-state index contributed by atoms with van der Waals surface area (Å²) >= 11 is 11.3. The molecule has 0 aliphatic carbocycles. The Labute approximate surface area is 127 Å². The van der Waals surface area contributed by atoms with E-state index in [2.05, 4.69) is 4.74 Å². The summed E-state index contributed by atoms with van der Waals surface area (Å²) in [4.78, 5) is 0. The largest absolute Gasteiger partial charge is 0.508 e. The summed E-state index contributed by atoms with van der Waals surface area (Å²) in [6.45, 7) is 3.64. The molecule has 0 radical (unpaired) electrons. The SMILES string of the molecule is Cc1cc(Cl)ccc1O.Cc1cc(Cl)ccc1OC#N. The topological polar surface area (TPSA) is 53.2 Å². The number of rotatable bonds is 1. The summed E-state index contributed by atoms with van der Waals surface area (Å²) in [5, 5.41) is 18.5. The molecule has 0 aliphatic rings. The molecular weight excluding hydrogens is 297 g/mol. The first-order valence-electron chi connectivity index (χ1n) is 5.71. The van der Waals surface area contributed by atoms with Crippen molar-refractivity contribution in [2.24, 2.45) is 0 Å². The number of aryl methyl sites for hydroxylation is 2. The zero-order chi connectivity index (χ0) is 15.1. The molecule has 0 unspecified atom stereocenters. The second-order valence-electron chi connectivity index (χ2n) is 4.03. The van der Waals surface area contributed by atoms with Gasteiger partial charge in [0, 0.05) is 10.0 Å². The fourth-order valence-electron chi connectivity index (χ4n) is 1.40. The van der Waals surface area contributed by atoms with E-state index >= 15 is 0 Å². The van der Waals surface area contributed by atoms with Gasteiger partial charge in [-0.05, 0) is 61.4 Å². The van der Waals surface area contributed by atoms with Crippen LogP contribution in [-0.2, 0) is 0 Å².